The first-order valence-electron chi connectivity index (χ1n) is 4.57. The van der Waals surface area contributed by atoms with E-state index in [2.05, 4.69) is 19.2 Å². The van der Waals surface area contributed by atoms with Crippen molar-refractivity contribution in [3.05, 3.63) is 0 Å². The number of hydrogen-bond acceptors (Lipinski definition) is 2. The highest BCUT2D eigenvalue weighted by molar-refractivity contribution is 5.77. The van der Waals surface area contributed by atoms with Gasteiger partial charge in [0.25, 0.3) is 0 Å². The molecule has 0 aliphatic carbocycles. The van der Waals surface area contributed by atoms with E-state index in [1.54, 1.807) is 0 Å². The maximum atomic E-state index is 11.0. The average Bonchev–Trinajstić information content (AvgIpc) is 1.96. The zero-order chi connectivity index (χ0) is 9.14. The van der Waals surface area contributed by atoms with Gasteiger partial charge in [-0.1, -0.05) is 13.8 Å². The van der Waals surface area contributed by atoms with Gasteiger partial charge in [-0.3, -0.25) is 4.79 Å². The normalized spacial score (nSPS) is 30.5. The first-order chi connectivity index (χ1) is 5.59. The standard InChI is InChI=1S/C9H17NO2/c1-6(2)5-7-8(11)3-4-9(12)10-7/h6-8,11H,3-5H2,1-2H3,(H,10,12). The minimum Gasteiger partial charge on any atom is -0.391 e. The van der Waals surface area contributed by atoms with Crippen LogP contribution in [0.2, 0.25) is 0 Å². The lowest BCUT2D eigenvalue weighted by Gasteiger charge is -2.29. The molecule has 2 atom stereocenters. The number of nitrogens with one attached hydrogen (secondary N) is 1. The van der Waals surface area contributed by atoms with Crippen LogP contribution in [0, 0.1) is 5.92 Å². The molecule has 12 heavy (non-hydrogen) atoms. The molecular formula is C9H17NO2. The zero-order valence-corrected chi connectivity index (χ0v) is 7.71. The molecule has 1 rings (SSSR count). The van der Waals surface area contributed by atoms with Crippen molar-refractivity contribution < 1.29 is 9.90 Å². The van der Waals surface area contributed by atoms with Gasteiger partial charge in [-0.05, 0) is 18.8 Å². The first-order valence-corrected chi connectivity index (χ1v) is 4.57. The summed E-state index contributed by atoms with van der Waals surface area (Å²) in [6.45, 7) is 4.18. The maximum absolute atomic E-state index is 11.0. The summed E-state index contributed by atoms with van der Waals surface area (Å²) in [7, 11) is 0. The van der Waals surface area contributed by atoms with E-state index >= 15 is 0 Å². The van der Waals surface area contributed by atoms with Gasteiger partial charge in [-0.25, -0.2) is 0 Å². The third kappa shape index (κ3) is 2.48. The Bertz CT molecular complexity index is 168. The number of aliphatic hydroxyl groups is 1. The van der Waals surface area contributed by atoms with Crippen LogP contribution in [-0.2, 0) is 4.79 Å². The van der Waals surface area contributed by atoms with Crippen LogP contribution in [0.3, 0.4) is 0 Å². The predicted octanol–water partition coefficient (Wildman–Crippen LogP) is 0.672. The fourth-order valence-electron chi connectivity index (χ4n) is 1.58. The molecule has 70 valence electrons. The highest BCUT2D eigenvalue weighted by Crippen LogP contribution is 2.15. The number of carbonyl (C=O) groups is 1. The van der Waals surface area contributed by atoms with Gasteiger partial charge in [0.05, 0.1) is 12.1 Å². The Balaban J connectivity index is 2.43. The molecular weight excluding hydrogens is 154 g/mol. The molecule has 0 saturated carbocycles. The van der Waals surface area contributed by atoms with Gasteiger partial charge in [0.15, 0.2) is 0 Å². The monoisotopic (exact) mass is 171 g/mol. The molecule has 2 N–H and O–H groups in total. The topological polar surface area (TPSA) is 49.3 Å². The molecule has 1 amide bonds. The first kappa shape index (κ1) is 9.52. The van der Waals surface area contributed by atoms with E-state index in [-0.39, 0.29) is 18.1 Å². The molecule has 0 aromatic rings. The second-order valence-corrected chi connectivity index (χ2v) is 3.91. The van der Waals surface area contributed by atoms with Gasteiger partial charge in [-0.15, -0.1) is 0 Å². The van der Waals surface area contributed by atoms with Crippen LogP contribution in [0.5, 0.6) is 0 Å². The third-order valence-electron chi connectivity index (χ3n) is 2.20. The smallest absolute Gasteiger partial charge is 0.220 e. The molecule has 0 bridgehead atoms. The van der Waals surface area contributed by atoms with E-state index < -0.39 is 0 Å². The molecule has 0 aromatic carbocycles. The van der Waals surface area contributed by atoms with Crippen molar-refractivity contribution in [2.75, 3.05) is 0 Å². The van der Waals surface area contributed by atoms with Gasteiger partial charge in [0, 0.05) is 6.42 Å². The minimum atomic E-state index is -0.343. The van der Waals surface area contributed by atoms with Gasteiger partial charge in [-0.2, -0.15) is 0 Å². The van der Waals surface area contributed by atoms with Crippen molar-refractivity contribution in [1.82, 2.24) is 5.32 Å². The van der Waals surface area contributed by atoms with Gasteiger partial charge in [0.2, 0.25) is 5.91 Å². The lowest BCUT2D eigenvalue weighted by atomic mass is 9.93. The Morgan fingerprint density at radius 3 is 2.92 bits per heavy atom. The summed E-state index contributed by atoms with van der Waals surface area (Å²) in [4.78, 5) is 11.0. The average molecular weight is 171 g/mol. The van der Waals surface area contributed by atoms with Crippen LogP contribution in [0.15, 0.2) is 0 Å². The second kappa shape index (κ2) is 3.90. The van der Waals surface area contributed by atoms with E-state index in [4.69, 9.17) is 0 Å². The predicted molar refractivity (Wildman–Crippen MR) is 46.6 cm³/mol. The fourth-order valence-corrected chi connectivity index (χ4v) is 1.58. The van der Waals surface area contributed by atoms with Gasteiger partial charge >= 0.3 is 0 Å². The molecule has 3 nitrogen and oxygen atoms in total. The highest BCUT2D eigenvalue weighted by atomic mass is 16.3. The minimum absolute atomic E-state index is 0.0220. The molecule has 1 aliphatic heterocycles. The molecule has 1 saturated heterocycles. The molecule has 1 fully saturated rings. The Kier molecular flexibility index (Phi) is 3.09. The van der Waals surface area contributed by atoms with E-state index in [0.717, 1.165) is 6.42 Å². The van der Waals surface area contributed by atoms with Crippen molar-refractivity contribution in [2.45, 2.75) is 45.3 Å². The van der Waals surface area contributed by atoms with Crippen LogP contribution in [-0.4, -0.2) is 23.2 Å². The lowest BCUT2D eigenvalue weighted by molar-refractivity contribution is -0.126. The van der Waals surface area contributed by atoms with Crippen molar-refractivity contribution in [1.29, 1.82) is 0 Å². The van der Waals surface area contributed by atoms with E-state index in [1.807, 2.05) is 0 Å². The molecule has 0 radical (unpaired) electrons. The molecule has 1 heterocycles. The Morgan fingerprint density at radius 1 is 1.67 bits per heavy atom. The summed E-state index contributed by atoms with van der Waals surface area (Å²) in [5.41, 5.74) is 0. The Hall–Kier alpha value is -0.570. The number of hydrogen-bond donors (Lipinski definition) is 2. The van der Waals surface area contributed by atoms with E-state index in [9.17, 15) is 9.90 Å². The molecule has 1 aliphatic rings. The SMILES string of the molecule is CC(C)CC1NC(=O)CCC1O. The van der Waals surface area contributed by atoms with Crippen LogP contribution in [0.4, 0.5) is 0 Å². The van der Waals surface area contributed by atoms with Crippen molar-refractivity contribution >= 4 is 5.91 Å². The summed E-state index contributed by atoms with van der Waals surface area (Å²) in [6, 6.07) is -0.0220. The summed E-state index contributed by atoms with van der Waals surface area (Å²) < 4.78 is 0. The number of amides is 1. The quantitative estimate of drug-likeness (QED) is 0.641. The molecule has 0 spiro atoms. The molecule has 3 heteroatoms. The number of carbonyl (C=O) groups excluding carboxylic acids is 1. The molecule has 0 aromatic heterocycles. The largest absolute Gasteiger partial charge is 0.391 e. The number of rotatable bonds is 2. The summed E-state index contributed by atoms with van der Waals surface area (Å²) >= 11 is 0. The fraction of sp³-hybridized carbons (Fsp3) is 0.889. The van der Waals surface area contributed by atoms with Gasteiger partial charge < -0.3 is 10.4 Å². The summed E-state index contributed by atoms with van der Waals surface area (Å²) in [5.74, 6) is 0.592. The van der Waals surface area contributed by atoms with Crippen LogP contribution < -0.4 is 5.32 Å². The van der Waals surface area contributed by atoms with Crippen molar-refractivity contribution in [3.8, 4) is 0 Å². The second-order valence-electron chi connectivity index (χ2n) is 3.91. The lowest BCUT2D eigenvalue weighted by Crippen LogP contribution is -2.48. The van der Waals surface area contributed by atoms with Gasteiger partial charge in [0.1, 0.15) is 0 Å². The molecule has 2 unspecified atom stereocenters. The van der Waals surface area contributed by atoms with Crippen LogP contribution in [0.1, 0.15) is 33.1 Å². The highest BCUT2D eigenvalue weighted by Gasteiger charge is 2.26. The van der Waals surface area contributed by atoms with Crippen molar-refractivity contribution in [2.24, 2.45) is 5.92 Å². The van der Waals surface area contributed by atoms with Crippen LogP contribution >= 0.6 is 0 Å². The van der Waals surface area contributed by atoms with E-state index in [0.29, 0.717) is 18.8 Å². The van der Waals surface area contributed by atoms with Crippen molar-refractivity contribution in [3.63, 3.8) is 0 Å². The van der Waals surface area contributed by atoms with E-state index in [1.165, 1.54) is 0 Å². The number of aliphatic hydroxyl groups excluding tert-OH is 1. The van der Waals surface area contributed by atoms with Crippen LogP contribution in [0.25, 0.3) is 0 Å². The maximum Gasteiger partial charge on any atom is 0.220 e. The third-order valence-corrected chi connectivity index (χ3v) is 2.20. The number of piperidine rings is 1. The summed E-state index contributed by atoms with van der Waals surface area (Å²) in [6.07, 6.45) is 1.61. The Labute approximate surface area is 73.2 Å². The Morgan fingerprint density at radius 2 is 2.33 bits per heavy atom. The summed E-state index contributed by atoms with van der Waals surface area (Å²) in [5, 5.41) is 12.3. The zero-order valence-electron chi connectivity index (χ0n) is 7.71.